The van der Waals surface area contributed by atoms with Gasteiger partial charge >= 0.3 is 18.0 Å². The van der Waals surface area contributed by atoms with Gasteiger partial charge < -0.3 is 29.7 Å². The van der Waals surface area contributed by atoms with Crippen LogP contribution < -0.4 is 10.6 Å². The van der Waals surface area contributed by atoms with Gasteiger partial charge in [0.15, 0.2) is 0 Å². The minimum absolute atomic E-state index is 0.0230. The van der Waals surface area contributed by atoms with Gasteiger partial charge in [0.25, 0.3) is 0 Å². The van der Waals surface area contributed by atoms with E-state index in [0.29, 0.717) is 19.4 Å². The van der Waals surface area contributed by atoms with Crippen molar-refractivity contribution in [1.82, 2.24) is 15.5 Å². The second-order valence-corrected chi connectivity index (χ2v) is 12.0. The van der Waals surface area contributed by atoms with Gasteiger partial charge in [-0.15, -0.1) is 0 Å². The summed E-state index contributed by atoms with van der Waals surface area (Å²) in [6.07, 6.45) is 1.07. The molecule has 11 heteroatoms. The summed E-state index contributed by atoms with van der Waals surface area (Å²) in [5, 5.41) is 5.14. The highest BCUT2D eigenvalue weighted by molar-refractivity contribution is 5.95. The molecule has 0 radical (unpaired) electrons. The number of carbonyl (C=O) groups is 5. The van der Waals surface area contributed by atoms with Crippen LogP contribution in [0.25, 0.3) is 0 Å². The van der Waals surface area contributed by atoms with E-state index >= 15 is 0 Å². The maximum Gasteiger partial charge on any atom is 0.408 e. The topological polar surface area (TPSA) is 140 Å². The maximum atomic E-state index is 13.7. The van der Waals surface area contributed by atoms with Crippen LogP contribution in [0.5, 0.6) is 0 Å². The van der Waals surface area contributed by atoms with Gasteiger partial charge in [0.05, 0.1) is 6.42 Å². The maximum absolute atomic E-state index is 13.7. The summed E-state index contributed by atoms with van der Waals surface area (Å²) in [6.45, 7) is 14.2. The molecule has 1 saturated heterocycles. The van der Waals surface area contributed by atoms with Crippen LogP contribution >= 0.6 is 0 Å². The Balaban J connectivity index is 2.22. The Morgan fingerprint density at radius 3 is 2.27 bits per heavy atom. The van der Waals surface area contributed by atoms with Gasteiger partial charge in [-0.1, -0.05) is 63.8 Å². The first-order valence-corrected chi connectivity index (χ1v) is 13.7. The molecule has 0 aromatic heterocycles. The lowest BCUT2D eigenvalue weighted by molar-refractivity contribution is -0.157. The Morgan fingerprint density at radius 2 is 1.68 bits per heavy atom. The summed E-state index contributed by atoms with van der Waals surface area (Å²) in [4.78, 5) is 66.5. The highest BCUT2D eigenvalue weighted by atomic mass is 16.6. The van der Waals surface area contributed by atoms with Crippen LogP contribution in [0.4, 0.5) is 4.79 Å². The summed E-state index contributed by atoms with van der Waals surface area (Å²) >= 11 is 0. The van der Waals surface area contributed by atoms with E-state index in [9.17, 15) is 24.0 Å². The van der Waals surface area contributed by atoms with Crippen molar-refractivity contribution in [1.29, 1.82) is 0 Å². The van der Waals surface area contributed by atoms with Crippen LogP contribution in [-0.2, 0) is 40.0 Å². The number of nitrogens with one attached hydrogen (secondary N) is 2. The Bertz CT molecular complexity index is 1090. The molecular weight excluding hydrogens is 530 g/mol. The molecule has 0 aliphatic carbocycles. The molecule has 3 atom stereocenters. The summed E-state index contributed by atoms with van der Waals surface area (Å²) in [6, 6.07) is 5.71. The van der Waals surface area contributed by atoms with Crippen LogP contribution in [0, 0.1) is 5.41 Å². The molecule has 1 aliphatic rings. The third-order valence-corrected chi connectivity index (χ3v) is 6.16. The fourth-order valence-electron chi connectivity index (χ4n) is 4.24. The predicted octanol–water partition coefficient (Wildman–Crippen LogP) is 3.26. The number of nitrogens with zero attached hydrogens (tertiary/aromatic N) is 1. The third-order valence-electron chi connectivity index (χ3n) is 6.16. The molecule has 2 rings (SSSR count). The molecule has 0 bridgehead atoms. The van der Waals surface area contributed by atoms with Gasteiger partial charge in [0.1, 0.15) is 36.9 Å². The minimum Gasteiger partial charge on any atom is -0.460 e. The van der Waals surface area contributed by atoms with Crippen LogP contribution in [0.1, 0.15) is 66.4 Å². The molecule has 1 aromatic carbocycles. The normalized spacial score (nSPS) is 16.6. The number of rotatable bonds is 11. The van der Waals surface area contributed by atoms with E-state index < -0.39 is 65.4 Å². The number of benzene rings is 1. The van der Waals surface area contributed by atoms with E-state index in [0.717, 1.165) is 5.56 Å². The summed E-state index contributed by atoms with van der Waals surface area (Å²) in [5.41, 5.74) is -0.864. The second kappa shape index (κ2) is 14.7. The molecule has 3 amide bonds. The largest absolute Gasteiger partial charge is 0.460 e. The average Bonchev–Trinajstić information content (AvgIpc) is 3.37. The van der Waals surface area contributed by atoms with Gasteiger partial charge in [-0.2, -0.15) is 0 Å². The van der Waals surface area contributed by atoms with Crippen molar-refractivity contribution >= 4 is 29.8 Å². The van der Waals surface area contributed by atoms with Gasteiger partial charge in [-0.25, -0.2) is 9.59 Å². The molecule has 226 valence electrons. The number of carbonyl (C=O) groups excluding carboxylic acids is 5. The molecule has 0 saturated carbocycles. The Hall–Kier alpha value is -3.89. The smallest absolute Gasteiger partial charge is 0.408 e. The van der Waals surface area contributed by atoms with E-state index in [1.807, 2.05) is 6.07 Å². The first-order chi connectivity index (χ1) is 19.1. The van der Waals surface area contributed by atoms with Crippen molar-refractivity contribution in [3.63, 3.8) is 0 Å². The number of ether oxygens (including phenoxy) is 3. The van der Waals surface area contributed by atoms with Crippen molar-refractivity contribution in [2.24, 2.45) is 5.41 Å². The zero-order valence-corrected chi connectivity index (χ0v) is 24.9. The molecule has 1 aromatic rings. The quantitative estimate of drug-likeness (QED) is 0.234. The number of alkyl carbamates (subject to hydrolysis) is 1. The van der Waals surface area contributed by atoms with Crippen molar-refractivity contribution in [2.45, 2.75) is 91.1 Å². The van der Waals surface area contributed by atoms with Crippen molar-refractivity contribution in [2.75, 3.05) is 13.2 Å². The van der Waals surface area contributed by atoms with E-state index in [2.05, 4.69) is 17.2 Å². The highest BCUT2D eigenvalue weighted by Gasteiger charge is 2.43. The molecule has 2 N–H and O–H groups in total. The minimum atomic E-state index is -1.39. The SMILES string of the molecule is C=CCOC(=O)[C@H]1CCCN1C(=O)C(NC(=O)[C@H](CC(=O)OC(C)(C)C)NC(=O)OCc1ccccc1)C(C)(C)C. The molecule has 1 fully saturated rings. The number of esters is 2. The van der Waals surface area contributed by atoms with Crippen molar-refractivity contribution in [3.8, 4) is 0 Å². The first kappa shape index (κ1) is 33.3. The molecule has 1 aliphatic heterocycles. The Morgan fingerprint density at radius 1 is 1.02 bits per heavy atom. The van der Waals surface area contributed by atoms with Crippen LogP contribution in [0.15, 0.2) is 43.0 Å². The monoisotopic (exact) mass is 573 g/mol. The van der Waals surface area contributed by atoms with E-state index in [4.69, 9.17) is 14.2 Å². The molecule has 0 spiro atoms. The lowest BCUT2D eigenvalue weighted by atomic mass is 9.85. The fraction of sp³-hybridized carbons (Fsp3) is 0.567. The lowest BCUT2D eigenvalue weighted by Gasteiger charge is -2.36. The van der Waals surface area contributed by atoms with Crippen molar-refractivity contribution in [3.05, 3.63) is 48.6 Å². The van der Waals surface area contributed by atoms with Crippen LogP contribution in [-0.4, -0.2) is 71.6 Å². The fourth-order valence-corrected chi connectivity index (χ4v) is 4.24. The first-order valence-electron chi connectivity index (χ1n) is 13.7. The van der Waals surface area contributed by atoms with E-state index in [1.165, 1.54) is 11.0 Å². The average molecular weight is 574 g/mol. The number of likely N-dealkylation sites (tertiary alicyclic amines) is 1. The van der Waals surface area contributed by atoms with E-state index in [1.54, 1.807) is 65.8 Å². The van der Waals surface area contributed by atoms with Gasteiger partial charge in [0, 0.05) is 6.54 Å². The molecule has 41 heavy (non-hydrogen) atoms. The number of hydrogen-bond donors (Lipinski definition) is 2. The Kier molecular flexibility index (Phi) is 11.9. The standard InChI is InChI=1S/C30H43N3O8/c1-8-17-39-27(37)22-15-12-16-33(22)26(36)24(29(2,3)4)32-25(35)21(18-23(34)41-30(5,6)7)31-28(38)40-19-20-13-10-9-11-14-20/h8-11,13-14,21-22,24H,1,12,15-19H2,2-7H3,(H,31,38)(H,32,35)/t21-,22+,24?/m0/s1. The van der Waals surface area contributed by atoms with Gasteiger partial charge in [0.2, 0.25) is 11.8 Å². The molecular formula is C30H43N3O8. The number of amides is 3. The molecule has 1 unspecified atom stereocenters. The predicted molar refractivity (Wildman–Crippen MR) is 151 cm³/mol. The number of hydrogen-bond acceptors (Lipinski definition) is 8. The van der Waals surface area contributed by atoms with Crippen molar-refractivity contribution < 1.29 is 38.2 Å². The van der Waals surface area contributed by atoms with Gasteiger partial charge in [-0.05, 0) is 44.6 Å². The summed E-state index contributed by atoms with van der Waals surface area (Å²) in [7, 11) is 0. The van der Waals surface area contributed by atoms with Crippen LogP contribution in [0.2, 0.25) is 0 Å². The molecule has 1 heterocycles. The second-order valence-electron chi connectivity index (χ2n) is 12.0. The van der Waals surface area contributed by atoms with E-state index in [-0.39, 0.29) is 13.2 Å². The Labute approximate surface area is 242 Å². The summed E-state index contributed by atoms with van der Waals surface area (Å²) < 4.78 is 15.8. The zero-order chi connectivity index (χ0) is 30.8. The van der Waals surface area contributed by atoms with Gasteiger partial charge in [-0.3, -0.25) is 14.4 Å². The molecule has 11 nitrogen and oxygen atoms in total. The summed E-state index contributed by atoms with van der Waals surface area (Å²) in [5.74, 6) is -2.50. The zero-order valence-electron chi connectivity index (χ0n) is 24.9. The van der Waals surface area contributed by atoms with Crippen LogP contribution in [0.3, 0.4) is 0 Å². The highest BCUT2D eigenvalue weighted by Crippen LogP contribution is 2.26. The third kappa shape index (κ3) is 10.9. The lowest BCUT2D eigenvalue weighted by Crippen LogP contribution is -2.60.